The minimum absolute atomic E-state index is 0.104. The summed E-state index contributed by atoms with van der Waals surface area (Å²) in [4.78, 5) is 11.7. The predicted octanol–water partition coefficient (Wildman–Crippen LogP) is 2.76. The zero-order valence-electron chi connectivity index (χ0n) is 9.88. The molecule has 0 aromatic heterocycles. The largest absolute Gasteiger partial charge is 0.330 e. The minimum atomic E-state index is 0.104. The van der Waals surface area contributed by atoms with Crippen molar-refractivity contribution in [3.8, 4) is 0 Å². The lowest BCUT2D eigenvalue weighted by molar-refractivity contribution is -0.123. The van der Waals surface area contributed by atoms with Gasteiger partial charge in [-0.3, -0.25) is 4.79 Å². The molecule has 1 unspecified atom stereocenters. The van der Waals surface area contributed by atoms with E-state index in [1.165, 1.54) is 6.42 Å². The number of hydrogen-bond acceptors (Lipinski definition) is 2. The first-order valence-electron chi connectivity index (χ1n) is 5.84. The van der Waals surface area contributed by atoms with E-state index in [-0.39, 0.29) is 5.92 Å². The highest BCUT2D eigenvalue weighted by Gasteiger charge is 2.17. The summed E-state index contributed by atoms with van der Waals surface area (Å²) in [6.07, 6.45) is 5.03. The number of unbranched alkanes of at least 4 members (excludes halogenated alkanes) is 2. The van der Waals surface area contributed by atoms with Gasteiger partial charge in [0.15, 0.2) is 0 Å². The molecule has 0 heterocycles. The molecule has 0 aromatic rings. The van der Waals surface area contributed by atoms with Crippen molar-refractivity contribution < 1.29 is 4.79 Å². The summed E-state index contributed by atoms with van der Waals surface area (Å²) in [5.41, 5.74) is 5.61. The molecular formula is C12H25NO. The van der Waals surface area contributed by atoms with Gasteiger partial charge in [-0.2, -0.15) is 0 Å². The third kappa shape index (κ3) is 6.14. The molecule has 84 valence electrons. The minimum Gasteiger partial charge on any atom is -0.330 e. The van der Waals surface area contributed by atoms with Gasteiger partial charge in [-0.05, 0) is 18.8 Å². The lowest BCUT2D eigenvalue weighted by Gasteiger charge is -2.15. The van der Waals surface area contributed by atoms with E-state index in [2.05, 4.69) is 20.8 Å². The van der Waals surface area contributed by atoms with Gasteiger partial charge in [0.1, 0.15) is 5.78 Å². The fourth-order valence-electron chi connectivity index (χ4n) is 1.68. The Balaban J connectivity index is 3.79. The van der Waals surface area contributed by atoms with Crippen LogP contribution in [0.3, 0.4) is 0 Å². The summed E-state index contributed by atoms with van der Waals surface area (Å²) in [6.45, 7) is 6.95. The van der Waals surface area contributed by atoms with E-state index >= 15 is 0 Å². The highest BCUT2D eigenvalue weighted by molar-refractivity contribution is 5.81. The first kappa shape index (κ1) is 13.6. The van der Waals surface area contributed by atoms with E-state index in [0.29, 0.717) is 18.2 Å². The first-order chi connectivity index (χ1) is 6.61. The number of hydrogen-bond donors (Lipinski definition) is 1. The van der Waals surface area contributed by atoms with Gasteiger partial charge in [0, 0.05) is 18.9 Å². The van der Waals surface area contributed by atoms with Crippen molar-refractivity contribution in [1.82, 2.24) is 0 Å². The molecule has 0 radical (unpaired) electrons. The predicted molar refractivity (Wildman–Crippen MR) is 61.1 cm³/mol. The highest BCUT2D eigenvalue weighted by Crippen LogP contribution is 2.14. The fraction of sp³-hybridized carbons (Fsp3) is 0.917. The Morgan fingerprint density at radius 3 is 2.36 bits per heavy atom. The fourth-order valence-corrected chi connectivity index (χ4v) is 1.68. The maximum Gasteiger partial charge on any atom is 0.137 e. The van der Waals surface area contributed by atoms with Crippen molar-refractivity contribution in [3.63, 3.8) is 0 Å². The maximum absolute atomic E-state index is 11.7. The van der Waals surface area contributed by atoms with Gasteiger partial charge in [-0.1, -0.05) is 33.6 Å². The van der Waals surface area contributed by atoms with Crippen LogP contribution in [0.2, 0.25) is 0 Å². The van der Waals surface area contributed by atoms with Gasteiger partial charge in [-0.25, -0.2) is 0 Å². The smallest absolute Gasteiger partial charge is 0.137 e. The Hall–Kier alpha value is -0.370. The molecule has 2 N–H and O–H groups in total. The van der Waals surface area contributed by atoms with Crippen LogP contribution in [-0.4, -0.2) is 12.3 Å². The standard InChI is InChI=1S/C12H25NO/c1-4-5-6-7-12(14)11(9-13)8-10(2)3/h10-11H,4-9,13H2,1-3H3. The molecule has 0 aliphatic heterocycles. The van der Waals surface area contributed by atoms with Gasteiger partial charge in [0.2, 0.25) is 0 Å². The summed E-state index contributed by atoms with van der Waals surface area (Å²) in [6, 6.07) is 0. The number of carbonyl (C=O) groups is 1. The number of carbonyl (C=O) groups excluding carboxylic acids is 1. The molecule has 1 atom stereocenters. The van der Waals surface area contributed by atoms with E-state index in [9.17, 15) is 4.79 Å². The topological polar surface area (TPSA) is 43.1 Å². The monoisotopic (exact) mass is 199 g/mol. The zero-order chi connectivity index (χ0) is 11.0. The molecule has 0 fully saturated rings. The van der Waals surface area contributed by atoms with Gasteiger partial charge in [0.25, 0.3) is 0 Å². The van der Waals surface area contributed by atoms with Crippen LogP contribution in [0.5, 0.6) is 0 Å². The van der Waals surface area contributed by atoms with Gasteiger partial charge < -0.3 is 5.73 Å². The number of nitrogens with two attached hydrogens (primary N) is 1. The van der Waals surface area contributed by atoms with Crippen LogP contribution in [0.1, 0.15) is 52.9 Å². The molecule has 2 heteroatoms. The Labute approximate surface area is 88.3 Å². The summed E-state index contributed by atoms with van der Waals surface area (Å²) in [5, 5.41) is 0. The zero-order valence-corrected chi connectivity index (χ0v) is 9.88. The molecule has 0 bridgehead atoms. The second-order valence-corrected chi connectivity index (χ2v) is 4.49. The van der Waals surface area contributed by atoms with Crippen LogP contribution in [-0.2, 0) is 4.79 Å². The van der Waals surface area contributed by atoms with Gasteiger partial charge >= 0.3 is 0 Å². The van der Waals surface area contributed by atoms with Crippen LogP contribution >= 0.6 is 0 Å². The Bertz CT molecular complexity index is 154. The van der Waals surface area contributed by atoms with Crippen molar-refractivity contribution in [1.29, 1.82) is 0 Å². The van der Waals surface area contributed by atoms with Gasteiger partial charge in [-0.15, -0.1) is 0 Å². The number of Topliss-reactive ketones (excluding diaryl/α,β-unsaturated/α-hetero) is 1. The Morgan fingerprint density at radius 1 is 1.29 bits per heavy atom. The summed E-state index contributed by atoms with van der Waals surface area (Å²) >= 11 is 0. The van der Waals surface area contributed by atoms with Crippen LogP contribution in [0.4, 0.5) is 0 Å². The maximum atomic E-state index is 11.7. The van der Waals surface area contributed by atoms with Gasteiger partial charge in [0.05, 0.1) is 0 Å². The van der Waals surface area contributed by atoms with Crippen LogP contribution < -0.4 is 5.73 Å². The van der Waals surface area contributed by atoms with Crippen molar-refractivity contribution in [2.45, 2.75) is 52.9 Å². The van der Waals surface area contributed by atoms with E-state index in [4.69, 9.17) is 5.73 Å². The van der Waals surface area contributed by atoms with Crippen LogP contribution in [0, 0.1) is 11.8 Å². The van der Waals surface area contributed by atoms with Crippen LogP contribution in [0.25, 0.3) is 0 Å². The molecule has 14 heavy (non-hydrogen) atoms. The summed E-state index contributed by atoms with van der Waals surface area (Å²) in [5.74, 6) is 1.04. The van der Waals surface area contributed by atoms with E-state index in [1.54, 1.807) is 0 Å². The lowest BCUT2D eigenvalue weighted by Crippen LogP contribution is -2.25. The van der Waals surface area contributed by atoms with Crippen molar-refractivity contribution in [3.05, 3.63) is 0 Å². The Morgan fingerprint density at radius 2 is 1.93 bits per heavy atom. The number of ketones is 1. The van der Waals surface area contributed by atoms with E-state index in [0.717, 1.165) is 25.7 Å². The van der Waals surface area contributed by atoms with Crippen molar-refractivity contribution >= 4 is 5.78 Å². The third-order valence-electron chi connectivity index (χ3n) is 2.52. The molecule has 0 spiro atoms. The number of rotatable bonds is 8. The highest BCUT2D eigenvalue weighted by atomic mass is 16.1. The lowest BCUT2D eigenvalue weighted by atomic mass is 9.91. The quantitative estimate of drug-likeness (QED) is 0.611. The molecule has 0 saturated heterocycles. The molecule has 0 aromatic carbocycles. The molecule has 0 aliphatic rings. The molecule has 0 rings (SSSR count). The van der Waals surface area contributed by atoms with E-state index in [1.807, 2.05) is 0 Å². The van der Waals surface area contributed by atoms with Crippen molar-refractivity contribution in [2.24, 2.45) is 17.6 Å². The first-order valence-corrected chi connectivity index (χ1v) is 5.84. The molecule has 0 saturated carbocycles. The molecule has 0 amide bonds. The SMILES string of the molecule is CCCCCC(=O)C(CN)CC(C)C. The molecular weight excluding hydrogens is 174 g/mol. The Kier molecular flexibility index (Phi) is 7.77. The van der Waals surface area contributed by atoms with E-state index < -0.39 is 0 Å². The second kappa shape index (κ2) is 7.98. The normalized spacial score (nSPS) is 13.2. The molecule has 0 aliphatic carbocycles. The van der Waals surface area contributed by atoms with Crippen LogP contribution in [0.15, 0.2) is 0 Å². The average molecular weight is 199 g/mol. The summed E-state index contributed by atoms with van der Waals surface area (Å²) in [7, 11) is 0. The van der Waals surface area contributed by atoms with Crippen molar-refractivity contribution in [2.75, 3.05) is 6.54 Å². The average Bonchev–Trinajstić information content (AvgIpc) is 2.14. The summed E-state index contributed by atoms with van der Waals surface area (Å²) < 4.78 is 0. The third-order valence-corrected chi connectivity index (χ3v) is 2.52. The molecule has 2 nitrogen and oxygen atoms in total. The second-order valence-electron chi connectivity index (χ2n) is 4.49.